The Morgan fingerprint density at radius 1 is 0.198 bits per heavy atom. The van der Waals surface area contributed by atoms with Crippen LogP contribution in [-0.4, -0.2) is 9.13 Å². The van der Waals surface area contributed by atoms with Gasteiger partial charge < -0.3 is 9.13 Å². The van der Waals surface area contributed by atoms with Crippen molar-refractivity contribution < 1.29 is 0 Å². The van der Waals surface area contributed by atoms with Crippen LogP contribution in [0.25, 0.3) is 122 Å². The smallest absolute Gasteiger partial charge is 0.0713 e. The fourth-order valence-electron chi connectivity index (χ4n) is 13.6. The molecule has 1 aliphatic carbocycles. The van der Waals surface area contributed by atoms with Crippen molar-refractivity contribution in [2.75, 3.05) is 0 Å². The minimum atomic E-state index is -0.525. The van der Waals surface area contributed by atoms with Crippen LogP contribution in [-0.2, 0) is 5.41 Å². The molecule has 2 heteroatoms. The molecule has 0 radical (unpaired) electrons. The number of rotatable bonds is 9. The summed E-state index contributed by atoms with van der Waals surface area (Å²) >= 11 is 0. The molecule has 0 amide bonds. The first-order valence-corrected chi connectivity index (χ1v) is 28.1. The second kappa shape index (κ2) is 18.8. The maximum absolute atomic E-state index is 2.43. The first-order chi connectivity index (χ1) is 40.2. The summed E-state index contributed by atoms with van der Waals surface area (Å²) in [6.07, 6.45) is 0. The van der Waals surface area contributed by atoms with Gasteiger partial charge in [-0.25, -0.2) is 0 Å². The maximum atomic E-state index is 2.43. The standard InChI is InChI=1S/C79H52N2/c1-3-18-56(19-4-1)65-24-7-8-25-66(65)57-38-44-61(45-39-57)79(73-30-13-9-26-67(73)68-27-10-14-31-74(68)79)62-21-17-20-58(50-62)55-36-34-53(35-37-55)54-40-46-64(47-41-54)81-76-33-16-12-29-70(76)72-52-60(43-49-78(72)81)59-42-48-77-71(51-59)69-28-11-15-32-75(69)80(77)63-22-5-2-6-23-63/h1-52H. The van der Waals surface area contributed by atoms with Gasteiger partial charge in [0.25, 0.3) is 0 Å². The van der Waals surface area contributed by atoms with Crippen LogP contribution in [0, 0.1) is 0 Å². The second-order valence-corrected chi connectivity index (χ2v) is 21.5. The van der Waals surface area contributed by atoms with E-state index in [1.165, 1.54) is 138 Å². The molecule has 81 heavy (non-hydrogen) atoms. The summed E-state index contributed by atoms with van der Waals surface area (Å²) in [7, 11) is 0. The summed E-state index contributed by atoms with van der Waals surface area (Å²) in [6, 6.07) is 117. The van der Waals surface area contributed by atoms with Gasteiger partial charge in [0, 0.05) is 32.9 Å². The average Bonchev–Trinajstić information content (AvgIpc) is 3.83. The molecule has 2 nitrogen and oxygen atoms in total. The van der Waals surface area contributed by atoms with E-state index in [1.807, 2.05) is 0 Å². The summed E-state index contributed by atoms with van der Waals surface area (Å²) in [6.45, 7) is 0. The molecule has 0 saturated carbocycles. The molecule has 0 N–H and O–H groups in total. The van der Waals surface area contributed by atoms with Crippen LogP contribution in [0.2, 0.25) is 0 Å². The number of fused-ring (bicyclic) bond motifs is 9. The molecule has 16 rings (SSSR count). The highest BCUT2D eigenvalue weighted by Crippen LogP contribution is 2.56. The number of aromatic nitrogens is 2. The normalized spacial score (nSPS) is 12.5. The third-order valence-corrected chi connectivity index (χ3v) is 17.3. The van der Waals surface area contributed by atoms with Crippen molar-refractivity contribution in [3.63, 3.8) is 0 Å². The van der Waals surface area contributed by atoms with Crippen molar-refractivity contribution in [3.05, 3.63) is 338 Å². The predicted octanol–water partition coefficient (Wildman–Crippen LogP) is 20.6. The molecular weight excluding hydrogens is 977 g/mol. The van der Waals surface area contributed by atoms with Crippen molar-refractivity contribution >= 4 is 43.6 Å². The van der Waals surface area contributed by atoms with E-state index in [0.29, 0.717) is 0 Å². The number of benzene rings is 13. The summed E-state index contributed by atoms with van der Waals surface area (Å²) in [4.78, 5) is 0. The molecule has 0 fully saturated rings. The minimum Gasteiger partial charge on any atom is -0.309 e. The molecule has 2 aromatic heterocycles. The fourth-order valence-corrected chi connectivity index (χ4v) is 13.6. The molecule has 0 atom stereocenters. The Bertz CT molecular complexity index is 4840. The van der Waals surface area contributed by atoms with E-state index in [-0.39, 0.29) is 0 Å². The van der Waals surface area contributed by atoms with Gasteiger partial charge in [-0.15, -0.1) is 0 Å². The monoisotopic (exact) mass is 1030 g/mol. The first-order valence-electron chi connectivity index (χ1n) is 28.1. The van der Waals surface area contributed by atoms with Crippen LogP contribution in [0.15, 0.2) is 315 Å². The molecule has 0 bridgehead atoms. The Kier molecular flexibility index (Phi) is 10.8. The molecule has 1 aliphatic rings. The van der Waals surface area contributed by atoms with Crippen molar-refractivity contribution in [1.29, 1.82) is 0 Å². The molecule has 0 saturated heterocycles. The van der Waals surface area contributed by atoms with E-state index >= 15 is 0 Å². The lowest BCUT2D eigenvalue weighted by Crippen LogP contribution is -2.28. The molecule has 13 aromatic carbocycles. The number of para-hydroxylation sites is 3. The van der Waals surface area contributed by atoms with Gasteiger partial charge in [0.1, 0.15) is 0 Å². The van der Waals surface area contributed by atoms with E-state index in [4.69, 9.17) is 0 Å². The van der Waals surface area contributed by atoms with E-state index in [9.17, 15) is 0 Å². The van der Waals surface area contributed by atoms with Crippen molar-refractivity contribution in [1.82, 2.24) is 9.13 Å². The quantitative estimate of drug-likeness (QED) is 0.136. The zero-order valence-electron chi connectivity index (χ0n) is 44.4. The Balaban J connectivity index is 0.724. The Morgan fingerprint density at radius 2 is 0.568 bits per heavy atom. The van der Waals surface area contributed by atoms with Crippen LogP contribution < -0.4 is 0 Å². The Labute approximate surface area is 471 Å². The van der Waals surface area contributed by atoms with Gasteiger partial charge in [-0.3, -0.25) is 0 Å². The minimum absolute atomic E-state index is 0.525. The largest absolute Gasteiger partial charge is 0.309 e. The topological polar surface area (TPSA) is 9.86 Å². The number of nitrogens with zero attached hydrogens (tertiary/aromatic N) is 2. The Morgan fingerprint density at radius 3 is 1.12 bits per heavy atom. The SMILES string of the molecule is c1ccc(-c2ccccc2-c2ccc(C3(c4cccc(-c5ccc(-c6ccc(-n7c8ccccc8c8cc(-c9ccc%10c(c9)c9ccccc9n%10-c9ccccc9)ccc87)cc6)cc5)c4)c4ccccc4-c4ccccc43)cc2)cc1. The highest BCUT2D eigenvalue weighted by atomic mass is 15.0. The van der Waals surface area contributed by atoms with Gasteiger partial charge in [-0.1, -0.05) is 249 Å². The van der Waals surface area contributed by atoms with E-state index in [1.54, 1.807) is 0 Å². The zero-order chi connectivity index (χ0) is 53.4. The van der Waals surface area contributed by atoms with E-state index in [0.717, 1.165) is 5.69 Å². The Hall–Kier alpha value is -10.5. The van der Waals surface area contributed by atoms with Crippen LogP contribution in [0.4, 0.5) is 0 Å². The van der Waals surface area contributed by atoms with Crippen LogP contribution >= 0.6 is 0 Å². The maximum Gasteiger partial charge on any atom is 0.0713 e. The summed E-state index contributed by atoms with van der Waals surface area (Å²) in [5.41, 5.74) is 26.3. The van der Waals surface area contributed by atoms with Crippen molar-refractivity contribution in [2.24, 2.45) is 0 Å². The van der Waals surface area contributed by atoms with Gasteiger partial charge in [0.15, 0.2) is 0 Å². The highest BCUT2D eigenvalue weighted by molar-refractivity contribution is 6.13. The van der Waals surface area contributed by atoms with Crippen LogP contribution in [0.3, 0.4) is 0 Å². The third-order valence-electron chi connectivity index (χ3n) is 17.3. The van der Waals surface area contributed by atoms with E-state index < -0.39 is 5.41 Å². The summed E-state index contributed by atoms with van der Waals surface area (Å²) in [5, 5.41) is 4.99. The average molecular weight is 1030 g/mol. The molecule has 2 heterocycles. The molecule has 15 aromatic rings. The van der Waals surface area contributed by atoms with Gasteiger partial charge in [0.05, 0.1) is 27.5 Å². The summed E-state index contributed by atoms with van der Waals surface area (Å²) < 4.78 is 4.79. The van der Waals surface area contributed by atoms with Gasteiger partial charge in [-0.05, 0) is 156 Å². The summed E-state index contributed by atoms with van der Waals surface area (Å²) in [5.74, 6) is 0. The molecular formula is C79H52N2. The second-order valence-electron chi connectivity index (χ2n) is 21.5. The third kappa shape index (κ3) is 7.42. The van der Waals surface area contributed by atoms with Gasteiger partial charge >= 0.3 is 0 Å². The van der Waals surface area contributed by atoms with Gasteiger partial charge in [0.2, 0.25) is 0 Å². The zero-order valence-corrected chi connectivity index (χ0v) is 44.4. The first kappa shape index (κ1) is 46.5. The molecule has 0 aliphatic heterocycles. The van der Waals surface area contributed by atoms with Crippen LogP contribution in [0.5, 0.6) is 0 Å². The fraction of sp³-hybridized carbons (Fsp3) is 0.0127. The van der Waals surface area contributed by atoms with Gasteiger partial charge in [-0.2, -0.15) is 0 Å². The number of hydrogen-bond donors (Lipinski definition) is 0. The van der Waals surface area contributed by atoms with E-state index in [2.05, 4.69) is 325 Å². The lowest BCUT2D eigenvalue weighted by Gasteiger charge is -2.34. The number of hydrogen-bond acceptors (Lipinski definition) is 0. The highest BCUT2D eigenvalue weighted by Gasteiger charge is 2.46. The predicted molar refractivity (Wildman–Crippen MR) is 340 cm³/mol. The van der Waals surface area contributed by atoms with Crippen molar-refractivity contribution in [2.45, 2.75) is 5.41 Å². The molecule has 378 valence electrons. The lowest BCUT2D eigenvalue weighted by molar-refractivity contribution is 0.769. The molecule has 0 unspecified atom stereocenters. The van der Waals surface area contributed by atoms with Crippen LogP contribution in [0.1, 0.15) is 22.3 Å². The van der Waals surface area contributed by atoms with Crippen molar-refractivity contribution in [3.8, 4) is 78.1 Å². The molecule has 0 spiro atoms. The lowest BCUT2D eigenvalue weighted by atomic mass is 9.67.